The first-order chi connectivity index (χ1) is 8.65. The molecule has 4 heteroatoms. The van der Waals surface area contributed by atoms with Crippen molar-refractivity contribution in [2.75, 3.05) is 13.1 Å². The number of hydrogen-bond acceptors (Lipinski definition) is 3. The van der Waals surface area contributed by atoms with Crippen LogP contribution in [-0.4, -0.2) is 34.1 Å². The zero-order valence-corrected chi connectivity index (χ0v) is 10.2. The topological polar surface area (TPSA) is 60.8 Å². The van der Waals surface area contributed by atoms with Gasteiger partial charge in [0.2, 0.25) is 0 Å². The lowest BCUT2D eigenvalue weighted by atomic mass is 10.0. The van der Waals surface area contributed by atoms with Crippen molar-refractivity contribution in [3.05, 3.63) is 23.8 Å². The molecule has 3 rings (SSSR count). The Bertz CT molecular complexity index is 474. The predicted molar refractivity (Wildman–Crippen MR) is 66.5 cm³/mol. The van der Waals surface area contributed by atoms with E-state index in [1.54, 1.807) is 0 Å². The Morgan fingerprint density at radius 1 is 1.17 bits per heavy atom. The lowest BCUT2D eigenvalue weighted by Gasteiger charge is -2.18. The summed E-state index contributed by atoms with van der Waals surface area (Å²) in [6, 6.07) is 4.08. The number of fused-ring (bicyclic) bond motifs is 1. The Hall–Kier alpha value is -1.71. The largest absolute Gasteiger partial charge is 0.508 e. The molecular weight excluding hydrogens is 230 g/mol. The third-order valence-electron chi connectivity index (χ3n) is 4.22. The summed E-state index contributed by atoms with van der Waals surface area (Å²) >= 11 is 0. The molecule has 1 aliphatic carbocycles. The van der Waals surface area contributed by atoms with Crippen LogP contribution in [0.2, 0.25) is 0 Å². The summed E-state index contributed by atoms with van der Waals surface area (Å²) in [7, 11) is 0. The van der Waals surface area contributed by atoms with Crippen LogP contribution >= 0.6 is 0 Å². The van der Waals surface area contributed by atoms with Crippen LogP contribution in [0.1, 0.15) is 29.6 Å². The minimum Gasteiger partial charge on any atom is -0.508 e. The lowest BCUT2D eigenvalue weighted by molar-refractivity contribution is 0.0777. The molecule has 0 radical (unpaired) electrons. The summed E-state index contributed by atoms with van der Waals surface area (Å²) in [6.45, 7) is 1.58. The van der Waals surface area contributed by atoms with Gasteiger partial charge in [0.05, 0.1) is 5.56 Å². The molecule has 2 N–H and O–H groups in total. The Balaban J connectivity index is 1.81. The first-order valence-electron chi connectivity index (χ1n) is 6.46. The summed E-state index contributed by atoms with van der Waals surface area (Å²) in [5, 5.41) is 19.1. The van der Waals surface area contributed by atoms with E-state index in [0.717, 1.165) is 13.1 Å². The van der Waals surface area contributed by atoms with Crippen molar-refractivity contribution >= 4 is 5.91 Å². The Morgan fingerprint density at radius 3 is 2.50 bits per heavy atom. The minimum absolute atomic E-state index is 0.00976. The van der Waals surface area contributed by atoms with E-state index in [2.05, 4.69) is 0 Å². The SMILES string of the molecule is O=C(c1cc(O)ccc1O)N1CC2CCCC2C1. The van der Waals surface area contributed by atoms with E-state index in [-0.39, 0.29) is 23.0 Å². The zero-order valence-electron chi connectivity index (χ0n) is 10.2. The molecule has 1 aliphatic heterocycles. The van der Waals surface area contributed by atoms with Gasteiger partial charge in [-0.3, -0.25) is 4.79 Å². The second kappa shape index (κ2) is 4.19. The molecular formula is C14H17NO3. The van der Waals surface area contributed by atoms with Crippen LogP contribution in [0.15, 0.2) is 18.2 Å². The number of phenolic OH excluding ortho intramolecular Hbond substituents is 2. The Morgan fingerprint density at radius 2 is 1.83 bits per heavy atom. The van der Waals surface area contributed by atoms with Gasteiger partial charge in [-0.2, -0.15) is 0 Å². The van der Waals surface area contributed by atoms with Crippen LogP contribution < -0.4 is 0 Å². The third-order valence-corrected chi connectivity index (χ3v) is 4.22. The summed E-state index contributed by atoms with van der Waals surface area (Å²) < 4.78 is 0. The fraction of sp³-hybridized carbons (Fsp3) is 0.500. The van der Waals surface area contributed by atoms with Crippen molar-refractivity contribution in [1.82, 2.24) is 4.90 Å². The van der Waals surface area contributed by atoms with Crippen LogP contribution in [0.5, 0.6) is 11.5 Å². The lowest BCUT2D eigenvalue weighted by Crippen LogP contribution is -2.29. The van der Waals surface area contributed by atoms with Gasteiger partial charge in [-0.1, -0.05) is 6.42 Å². The molecule has 1 aromatic rings. The van der Waals surface area contributed by atoms with E-state index < -0.39 is 0 Å². The molecule has 0 bridgehead atoms. The van der Waals surface area contributed by atoms with E-state index in [0.29, 0.717) is 11.8 Å². The van der Waals surface area contributed by atoms with Gasteiger partial charge in [0.1, 0.15) is 11.5 Å². The Labute approximate surface area is 106 Å². The fourth-order valence-electron chi connectivity index (χ4n) is 3.27. The normalized spacial score (nSPS) is 26.3. The Kier molecular flexibility index (Phi) is 2.65. The number of carbonyl (C=O) groups is 1. The van der Waals surface area contributed by atoms with Crippen molar-refractivity contribution < 1.29 is 15.0 Å². The molecule has 4 nitrogen and oxygen atoms in total. The standard InChI is InChI=1S/C14H17NO3/c16-11-4-5-13(17)12(6-11)14(18)15-7-9-2-1-3-10(9)8-15/h4-6,9-10,16-17H,1-3,7-8H2. The second-order valence-electron chi connectivity index (χ2n) is 5.36. The van der Waals surface area contributed by atoms with Crippen molar-refractivity contribution in [2.45, 2.75) is 19.3 Å². The number of hydrogen-bond donors (Lipinski definition) is 2. The monoisotopic (exact) mass is 247 g/mol. The molecule has 0 aromatic heterocycles. The smallest absolute Gasteiger partial charge is 0.257 e. The number of rotatable bonds is 1. The van der Waals surface area contributed by atoms with E-state index in [1.165, 1.54) is 37.5 Å². The summed E-state index contributed by atoms with van der Waals surface area (Å²) in [5.74, 6) is 1.05. The first kappa shape index (κ1) is 11.4. The van der Waals surface area contributed by atoms with Crippen molar-refractivity contribution in [1.29, 1.82) is 0 Å². The molecule has 2 unspecified atom stereocenters. The average molecular weight is 247 g/mol. The summed E-state index contributed by atoms with van der Waals surface area (Å²) in [5.41, 5.74) is 0.204. The van der Waals surface area contributed by atoms with E-state index >= 15 is 0 Å². The highest BCUT2D eigenvalue weighted by atomic mass is 16.3. The number of nitrogens with zero attached hydrogens (tertiary/aromatic N) is 1. The predicted octanol–water partition coefficient (Wildman–Crippen LogP) is 1.97. The highest BCUT2D eigenvalue weighted by molar-refractivity contribution is 5.97. The third kappa shape index (κ3) is 1.82. The maximum Gasteiger partial charge on any atom is 0.257 e. The number of aromatic hydroxyl groups is 2. The van der Waals surface area contributed by atoms with Crippen molar-refractivity contribution in [3.8, 4) is 11.5 Å². The van der Waals surface area contributed by atoms with Gasteiger partial charge in [0.25, 0.3) is 5.91 Å². The number of carbonyl (C=O) groups excluding carboxylic acids is 1. The molecule has 2 atom stereocenters. The molecule has 2 aliphatic rings. The maximum absolute atomic E-state index is 12.3. The first-order valence-corrected chi connectivity index (χ1v) is 6.46. The van der Waals surface area contributed by atoms with Crippen molar-refractivity contribution in [2.24, 2.45) is 11.8 Å². The van der Waals surface area contributed by atoms with Crippen molar-refractivity contribution in [3.63, 3.8) is 0 Å². The molecule has 96 valence electrons. The molecule has 1 saturated carbocycles. The molecule has 0 spiro atoms. The number of likely N-dealkylation sites (tertiary alicyclic amines) is 1. The van der Waals surface area contributed by atoms with Gasteiger partial charge in [-0.15, -0.1) is 0 Å². The van der Waals surface area contributed by atoms with Gasteiger partial charge in [-0.05, 0) is 42.9 Å². The van der Waals surface area contributed by atoms with E-state index in [4.69, 9.17) is 0 Å². The van der Waals surface area contributed by atoms with E-state index in [1.807, 2.05) is 4.90 Å². The van der Waals surface area contributed by atoms with Gasteiger partial charge in [0, 0.05) is 13.1 Å². The number of benzene rings is 1. The fourth-order valence-corrected chi connectivity index (χ4v) is 3.27. The zero-order chi connectivity index (χ0) is 12.7. The molecule has 18 heavy (non-hydrogen) atoms. The van der Waals surface area contributed by atoms with Crippen LogP contribution in [0, 0.1) is 11.8 Å². The number of amides is 1. The summed E-state index contributed by atoms with van der Waals surface area (Å²) in [4.78, 5) is 14.1. The summed E-state index contributed by atoms with van der Waals surface area (Å²) in [6.07, 6.45) is 3.69. The van der Waals surface area contributed by atoms with Crippen LogP contribution in [-0.2, 0) is 0 Å². The molecule has 1 heterocycles. The van der Waals surface area contributed by atoms with Gasteiger partial charge in [-0.25, -0.2) is 0 Å². The van der Waals surface area contributed by atoms with Gasteiger partial charge >= 0.3 is 0 Å². The van der Waals surface area contributed by atoms with Crippen LogP contribution in [0.3, 0.4) is 0 Å². The van der Waals surface area contributed by atoms with Gasteiger partial charge < -0.3 is 15.1 Å². The van der Waals surface area contributed by atoms with Crippen LogP contribution in [0.25, 0.3) is 0 Å². The molecule has 1 aromatic carbocycles. The molecule has 1 saturated heterocycles. The molecule has 2 fully saturated rings. The highest BCUT2D eigenvalue weighted by Gasteiger charge is 2.38. The quantitative estimate of drug-likeness (QED) is 0.746. The van der Waals surface area contributed by atoms with Crippen LogP contribution in [0.4, 0.5) is 0 Å². The minimum atomic E-state index is -0.169. The average Bonchev–Trinajstić information content (AvgIpc) is 2.91. The highest BCUT2D eigenvalue weighted by Crippen LogP contribution is 2.38. The molecule has 1 amide bonds. The maximum atomic E-state index is 12.3. The number of phenols is 2. The second-order valence-corrected chi connectivity index (χ2v) is 5.36. The van der Waals surface area contributed by atoms with E-state index in [9.17, 15) is 15.0 Å². The van der Waals surface area contributed by atoms with Gasteiger partial charge in [0.15, 0.2) is 0 Å².